The highest BCUT2D eigenvalue weighted by atomic mass is 32.1. The molecule has 2 amide bonds. The van der Waals surface area contributed by atoms with Crippen LogP contribution in [0.1, 0.15) is 22.3 Å². The van der Waals surface area contributed by atoms with Gasteiger partial charge in [-0.1, -0.05) is 36.4 Å². The molecular formula is C25H26N2O3S. The number of hydrogen-bond donors (Lipinski definition) is 1. The van der Waals surface area contributed by atoms with Gasteiger partial charge in [0.15, 0.2) is 0 Å². The fraction of sp³-hybridized carbons (Fsp3) is 0.280. The lowest BCUT2D eigenvalue weighted by molar-refractivity contribution is -0.129. The van der Waals surface area contributed by atoms with Crippen molar-refractivity contribution in [1.29, 1.82) is 0 Å². The molecule has 0 unspecified atom stereocenters. The van der Waals surface area contributed by atoms with Crippen molar-refractivity contribution in [3.8, 4) is 16.9 Å². The Kier molecular flexibility index (Phi) is 6.09. The summed E-state index contributed by atoms with van der Waals surface area (Å²) in [5, 5.41) is 7.01. The van der Waals surface area contributed by atoms with Crippen molar-refractivity contribution in [2.24, 2.45) is 5.41 Å². The van der Waals surface area contributed by atoms with Crippen molar-refractivity contribution < 1.29 is 14.3 Å². The van der Waals surface area contributed by atoms with Gasteiger partial charge in [-0.2, -0.15) is 11.3 Å². The van der Waals surface area contributed by atoms with Crippen LogP contribution in [0.25, 0.3) is 11.1 Å². The zero-order valence-corrected chi connectivity index (χ0v) is 18.6. The molecule has 0 spiro atoms. The Morgan fingerprint density at radius 3 is 2.55 bits per heavy atom. The molecule has 0 bridgehead atoms. The van der Waals surface area contributed by atoms with Gasteiger partial charge < -0.3 is 15.0 Å². The number of hydrogen-bond acceptors (Lipinski definition) is 4. The summed E-state index contributed by atoms with van der Waals surface area (Å²) in [4.78, 5) is 27.9. The number of para-hydroxylation sites is 1. The number of carbonyl (C=O) groups is 2. The fourth-order valence-electron chi connectivity index (χ4n) is 4.35. The van der Waals surface area contributed by atoms with Crippen LogP contribution in [0.2, 0.25) is 0 Å². The third kappa shape index (κ3) is 4.21. The number of carbonyl (C=O) groups excluding carboxylic acids is 2. The van der Waals surface area contributed by atoms with E-state index in [9.17, 15) is 9.59 Å². The first-order chi connectivity index (χ1) is 15.1. The van der Waals surface area contributed by atoms with Gasteiger partial charge in [0.05, 0.1) is 18.1 Å². The van der Waals surface area contributed by atoms with E-state index in [4.69, 9.17) is 4.74 Å². The molecule has 1 aliphatic rings. The summed E-state index contributed by atoms with van der Waals surface area (Å²) in [6.45, 7) is 0.924. The van der Waals surface area contributed by atoms with Crippen molar-refractivity contribution in [2.75, 3.05) is 27.2 Å². The summed E-state index contributed by atoms with van der Waals surface area (Å²) in [7, 11) is 3.22. The summed E-state index contributed by atoms with van der Waals surface area (Å²) in [5.41, 5.74) is 3.34. The molecule has 2 aromatic carbocycles. The predicted octanol–water partition coefficient (Wildman–Crippen LogP) is 4.24. The van der Waals surface area contributed by atoms with Crippen LogP contribution >= 0.6 is 11.3 Å². The predicted molar refractivity (Wildman–Crippen MR) is 123 cm³/mol. The molecule has 1 aromatic heterocycles. The van der Waals surface area contributed by atoms with Crippen LogP contribution in [0, 0.1) is 5.41 Å². The van der Waals surface area contributed by atoms with E-state index in [0.717, 1.165) is 5.56 Å². The van der Waals surface area contributed by atoms with Gasteiger partial charge in [0, 0.05) is 20.1 Å². The van der Waals surface area contributed by atoms with Crippen molar-refractivity contribution >= 4 is 23.2 Å². The SMILES string of the molecule is CNC(=O)[C@@]1(Cc2ccc(-c3ccsc3)cc2)CCN(C(=O)c2ccccc2OC)C1. The van der Waals surface area contributed by atoms with Crippen molar-refractivity contribution in [1.82, 2.24) is 10.2 Å². The summed E-state index contributed by atoms with van der Waals surface area (Å²) in [5.74, 6) is 0.426. The molecule has 4 rings (SSSR count). The smallest absolute Gasteiger partial charge is 0.257 e. The molecule has 0 aliphatic carbocycles. The van der Waals surface area contributed by atoms with E-state index in [-0.39, 0.29) is 11.8 Å². The number of ether oxygens (including phenoxy) is 1. The van der Waals surface area contributed by atoms with Crippen LogP contribution in [0.15, 0.2) is 65.4 Å². The van der Waals surface area contributed by atoms with Gasteiger partial charge in [-0.25, -0.2) is 0 Å². The molecule has 1 saturated heterocycles. The molecule has 6 heteroatoms. The average molecular weight is 435 g/mol. The molecule has 0 saturated carbocycles. The van der Waals surface area contributed by atoms with Gasteiger partial charge >= 0.3 is 0 Å². The summed E-state index contributed by atoms with van der Waals surface area (Å²) in [6.07, 6.45) is 1.21. The number of nitrogens with one attached hydrogen (secondary N) is 1. The largest absolute Gasteiger partial charge is 0.496 e. The normalized spacial score (nSPS) is 18.1. The van der Waals surface area contributed by atoms with Crippen LogP contribution in [0.5, 0.6) is 5.75 Å². The van der Waals surface area contributed by atoms with E-state index in [1.807, 2.05) is 12.1 Å². The van der Waals surface area contributed by atoms with Gasteiger partial charge in [0.25, 0.3) is 5.91 Å². The maximum Gasteiger partial charge on any atom is 0.257 e. The molecule has 3 aromatic rings. The first-order valence-corrected chi connectivity index (χ1v) is 11.3. The molecule has 0 radical (unpaired) electrons. The number of thiophene rings is 1. The second kappa shape index (κ2) is 8.94. The molecule has 5 nitrogen and oxygen atoms in total. The van der Waals surface area contributed by atoms with E-state index >= 15 is 0 Å². The van der Waals surface area contributed by atoms with E-state index in [2.05, 4.69) is 46.4 Å². The van der Waals surface area contributed by atoms with E-state index in [1.54, 1.807) is 42.5 Å². The van der Waals surface area contributed by atoms with Crippen LogP contribution in [0.4, 0.5) is 0 Å². The van der Waals surface area contributed by atoms with Crippen LogP contribution in [-0.2, 0) is 11.2 Å². The number of methoxy groups -OCH3 is 1. The molecule has 1 fully saturated rings. The lowest BCUT2D eigenvalue weighted by atomic mass is 9.79. The zero-order chi connectivity index (χ0) is 21.8. The zero-order valence-electron chi connectivity index (χ0n) is 17.8. The average Bonchev–Trinajstić information content (AvgIpc) is 3.50. The Morgan fingerprint density at radius 1 is 1.10 bits per heavy atom. The van der Waals surface area contributed by atoms with E-state index < -0.39 is 5.41 Å². The van der Waals surface area contributed by atoms with Gasteiger partial charge in [-0.05, 0) is 58.5 Å². The highest BCUT2D eigenvalue weighted by Crippen LogP contribution is 2.36. The third-order valence-electron chi connectivity index (χ3n) is 6.04. The number of amides is 2. The van der Waals surface area contributed by atoms with Crippen molar-refractivity contribution in [3.05, 3.63) is 76.5 Å². The lowest BCUT2D eigenvalue weighted by Crippen LogP contribution is -2.44. The first-order valence-electron chi connectivity index (χ1n) is 10.3. The van der Waals surface area contributed by atoms with Crippen LogP contribution in [-0.4, -0.2) is 44.0 Å². The maximum atomic E-state index is 13.2. The Bertz CT molecular complexity index is 1060. The molecular weight excluding hydrogens is 408 g/mol. The second-order valence-electron chi connectivity index (χ2n) is 7.92. The van der Waals surface area contributed by atoms with Gasteiger partial charge in [0.1, 0.15) is 5.75 Å². The minimum atomic E-state index is -0.643. The molecule has 2 heterocycles. The second-order valence-corrected chi connectivity index (χ2v) is 8.70. The van der Waals surface area contributed by atoms with Gasteiger partial charge in [0.2, 0.25) is 5.91 Å². The molecule has 1 aliphatic heterocycles. The topological polar surface area (TPSA) is 58.6 Å². The molecule has 1 atom stereocenters. The lowest BCUT2D eigenvalue weighted by Gasteiger charge is -2.28. The molecule has 31 heavy (non-hydrogen) atoms. The summed E-state index contributed by atoms with van der Waals surface area (Å²) < 4.78 is 5.36. The number of nitrogens with zero attached hydrogens (tertiary/aromatic N) is 1. The van der Waals surface area contributed by atoms with E-state index in [0.29, 0.717) is 37.2 Å². The Hall–Kier alpha value is -3.12. The summed E-state index contributed by atoms with van der Waals surface area (Å²) >= 11 is 1.68. The number of rotatable bonds is 6. The van der Waals surface area contributed by atoms with Crippen molar-refractivity contribution in [3.63, 3.8) is 0 Å². The quantitative estimate of drug-likeness (QED) is 0.631. The minimum absolute atomic E-state index is 0.0234. The van der Waals surface area contributed by atoms with Crippen LogP contribution < -0.4 is 10.1 Å². The maximum absolute atomic E-state index is 13.2. The summed E-state index contributed by atoms with van der Waals surface area (Å²) in [6, 6.07) is 17.7. The van der Waals surface area contributed by atoms with Crippen LogP contribution in [0.3, 0.4) is 0 Å². The fourth-order valence-corrected chi connectivity index (χ4v) is 5.01. The molecule has 1 N–H and O–H groups in total. The van der Waals surface area contributed by atoms with Crippen molar-refractivity contribution in [2.45, 2.75) is 12.8 Å². The monoisotopic (exact) mass is 434 g/mol. The Morgan fingerprint density at radius 2 is 1.87 bits per heavy atom. The number of benzene rings is 2. The van der Waals surface area contributed by atoms with E-state index in [1.165, 1.54) is 11.1 Å². The third-order valence-corrected chi connectivity index (χ3v) is 6.72. The standard InChI is InChI=1S/C25H26N2O3S/c1-26-24(29)25(15-18-7-9-19(10-8-18)20-11-14-31-16-20)12-13-27(17-25)23(28)21-5-3-4-6-22(21)30-2/h3-11,14,16H,12-13,15,17H2,1-2H3,(H,26,29)/t25-/m1/s1. The number of likely N-dealkylation sites (tertiary alicyclic amines) is 1. The Labute approximate surface area is 186 Å². The first kappa shape index (κ1) is 21.1. The highest BCUT2D eigenvalue weighted by molar-refractivity contribution is 7.08. The molecule has 160 valence electrons. The van der Waals surface area contributed by atoms with Gasteiger partial charge in [-0.15, -0.1) is 0 Å². The Balaban J connectivity index is 1.55. The van der Waals surface area contributed by atoms with Gasteiger partial charge in [-0.3, -0.25) is 9.59 Å². The minimum Gasteiger partial charge on any atom is -0.496 e. The highest BCUT2D eigenvalue weighted by Gasteiger charge is 2.45.